The second-order valence-corrected chi connectivity index (χ2v) is 22.8. The van der Waals surface area contributed by atoms with Gasteiger partial charge in [-0.1, -0.05) is 235 Å². The topological polar surface area (TPSA) is 108 Å². The van der Waals surface area contributed by atoms with Gasteiger partial charge >= 0.3 is 19.8 Å². The number of allylic oxidation sites excluding steroid dienone is 30. The van der Waals surface area contributed by atoms with Crippen molar-refractivity contribution in [3.63, 3.8) is 0 Å². The summed E-state index contributed by atoms with van der Waals surface area (Å²) in [5, 5.41) is 0. The van der Waals surface area contributed by atoms with E-state index in [-0.39, 0.29) is 26.1 Å². The number of ether oxygens (including phenoxy) is 2. The van der Waals surface area contributed by atoms with Crippen molar-refractivity contribution < 1.29 is 42.1 Å². The van der Waals surface area contributed by atoms with Crippen molar-refractivity contribution in [1.82, 2.24) is 0 Å². The molecule has 0 aliphatic carbocycles. The second kappa shape index (κ2) is 60.7. The molecule has 0 heterocycles. The highest BCUT2D eigenvalue weighted by Crippen LogP contribution is 2.43. The van der Waals surface area contributed by atoms with Crippen molar-refractivity contribution in [1.29, 1.82) is 0 Å². The summed E-state index contributed by atoms with van der Waals surface area (Å²) in [6.07, 6.45) is 94.0. The summed E-state index contributed by atoms with van der Waals surface area (Å²) in [6.45, 7) is 4.19. The van der Waals surface area contributed by atoms with Gasteiger partial charge in [-0.3, -0.25) is 18.6 Å². The molecule has 2 atom stereocenters. The highest BCUT2D eigenvalue weighted by Gasteiger charge is 2.27. The molecular formula is C72H115NO8P+. The maximum Gasteiger partial charge on any atom is 0.472 e. The predicted molar refractivity (Wildman–Crippen MR) is 352 cm³/mol. The Balaban J connectivity index is 4.28. The average molecular weight is 1150 g/mol. The Kier molecular flexibility index (Phi) is 57.1. The summed E-state index contributed by atoms with van der Waals surface area (Å²) in [6, 6.07) is 0. The first kappa shape index (κ1) is 77.1. The Hall–Kier alpha value is -4.89. The number of likely N-dealkylation sites (N-methyl/N-ethyl adjacent to an activating group) is 1. The largest absolute Gasteiger partial charge is 0.472 e. The van der Waals surface area contributed by atoms with Crippen molar-refractivity contribution in [2.45, 2.75) is 213 Å². The Morgan fingerprint density at radius 1 is 0.390 bits per heavy atom. The van der Waals surface area contributed by atoms with Crippen LogP contribution in [0.15, 0.2) is 182 Å². The Morgan fingerprint density at radius 3 is 1.06 bits per heavy atom. The molecule has 1 N–H and O–H groups in total. The molecule has 0 bridgehead atoms. The van der Waals surface area contributed by atoms with Crippen LogP contribution in [0.5, 0.6) is 0 Å². The van der Waals surface area contributed by atoms with Crippen LogP contribution >= 0.6 is 7.82 Å². The van der Waals surface area contributed by atoms with Gasteiger partial charge in [0.05, 0.1) is 27.7 Å². The number of phosphoric acid groups is 1. The molecule has 9 nitrogen and oxygen atoms in total. The molecule has 0 spiro atoms. The van der Waals surface area contributed by atoms with Crippen LogP contribution in [-0.2, 0) is 32.7 Å². The van der Waals surface area contributed by atoms with Crippen molar-refractivity contribution in [3.05, 3.63) is 182 Å². The van der Waals surface area contributed by atoms with Crippen LogP contribution in [0.2, 0.25) is 0 Å². The van der Waals surface area contributed by atoms with E-state index >= 15 is 0 Å². The molecular weight excluding hydrogens is 1040 g/mol. The number of carbonyl (C=O) groups is 2. The maximum atomic E-state index is 12.8. The van der Waals surface area contributed by atoms with Gasteiger partial charge in [-0.05, 0) is 141 Å². The van der Waals surface area contributed by atoms with Gasteiger partial charge in [-0.15, -0.1) is 0 Å². The quantitative estimate of drug-likeness (QED) is 0.0211. The fraction of sp³-hybridized carbons (Fsp3) is 0.556. The van der Waals surface area contributed by atoms with Crippen molar-refractivity contribution in [2.75, 3.05) is 47.5 Å². The van der Waals surface area contributed by atoms with E-state index in [0.717, 1.165) is 141 Å². The number of quaternary nitrogens is 1. The number of hydrogen-bond donors (Lipinski definition) is 1. The van der Waals surface area contributed by atoms with Gasteiger partial charge < -0.3 is 18.9 Å². The maximum absolute atomic E-state index is 12.8. The van der Waals surface area contributed by atoms with E-state index in [1.165, 1.54) is 25.7 Å². The fourth-order valence-electron chi connectivity index (χ4n) is 7.59. The molecule has 0 aromatic heterocycles. The van der Waals surface area contributed by atoms with Crippen LogP contribution in [0.4, 0.5) is 0 Å². The molecule has 0 aliphatic heterocycles. The zero-order valence-electron chi connectivity index (χ0n) is 52.1. The summed E-state index contributed by atoms with van der Waals surface area (Å²) in [5.74, 6) is -0.879. The number of nitrogens with zero attached hydrogens (tertiary/aromatic N) is 1. The van der Waals surface area contributed by atoms with Crippen molar-refractivity contribution >= 4 is 19.8 Å². The summed E-state index contributed by atoms with van der Waals surface area (Å²) in [4.78, 5) is 35.7. The molecule has 0 saturated heterocycles. The van der Waals surface area contributed by atoms with E-state index in [9.17, 15) is 19.0 Å². The highest BCUT2D eigenvalue weighted by atomic mass is 31.2. The van der Waals surface area contributed by atoms with E-state index in [4.69, 9.17) is 18.5 Å². The van der Waals surface area contributed by atoms with Gasteiger partial charge in [0, 0.05) is 12.8 Å². The van der Waals surface area contributed by atoms with E-state index in [0.29, 0.717) is 23.9 Å². The molecule has 0 aromatic carbocycles. The van der Waals surface area contributed by atoms with Crippen molar-refractivity contribution in [2.24, 2.45) is 0 Å². The summed E-state index contributed by atoms with van der Waals surface area (Å²) in [7, 11) is 1.41. The third kappa shape index (κ3) is 64.3. The molecule has 460 valence electrons. The van der Waals surface area contributed by atoms with Crippen LogP contribution in [0.25, 0.3) is 0 Å². The van der Waals surface area contributed by atoms with Gasteiger partial charge in [0.2, 0.25) is 0 Å². The molecule has 10 heteroatoms. The first-order valence-electron chi connectivity index (χ1n) is 31.5. The SMILES string of the molecule is CC/C=C\C/C=C\C/C=C\C/C=C\C/C=C\C/C=C\C/C=C\C/C=C\C/C=C\C/C=C\C/C=C\C/C=C\CCCCC(=O)OC(COC(=O)CCCCCCCC/C=C\C/C=C\C/C=C\CCCCC)COP(=O)(O)OCC[N+](C)(C)C. The molecule has 0 saturated carbocycles. The fourth-order valence-corrected chi connectivity index (χ4v) is 8.33. The molecule has 0 aliphatic rings. The number of phosphoric ester groups is 1. The lowest BCUT2D eigenvalue weighted by Gasteiger charge is -2.24. The van der Waals surface area contributed by atoms with Gasteiger partial charge in [-0.2, -0.15) is 0 Å². The Bertz CT molecular complexity index is 2030. The lowest BCUT2D eigenvalue weighted by molar-refractivity contribution is -0.870. The molecule has 82 heavy (non-hydrogen) atoms. The van der Waals surface area contributed by atoms with E-state index in [1.54, 1.807) is 0 Å². The van der Waals surface area contributed by atoms with Crippen LogP contribution in [0.3, 0.4) is 0 Å². The molecule has 0 aromatic rings. The molecule has 2 unspecified atom stereocenters. The Labute approximate surface area is 501 Å². The number of rotatable bonds is 55. The third-order valence-corrected chi connectivity index (χ3v) is 13.4. The van der Waals surface area contributed by atoms with Crippen LogP contribution in [-0.4, -0.2) is 74.9 Å². The zero-order valence-corrected chi connectivity index (χ0v) is 53.0. The van der Waals surface area contributed by atoms with Crippen LogP contribution in [0.1, 0.15) is 206 Å². The van der Waals surface area contributed by atoms with Gasteiger partial charge in [-0.25, -0.2) is 4.57 Å². The normalized spacial score (nSPS) is 14.5. The second-order valence-electron chi connectivity index (χ2n) is 21.4. The first-order valence-corrected chi connectivity index (χ1v) is 33.0. The Morgan fingerprint density at radius 2 is 0.695 bits per heavy atom. The minimum Gasteiger partial charge on any atom is -0.462 e. The first-order chi connectivity index (χ1) is 40.0. The lowest BCUT2D eigenvalue weighted by atomic mass is 10.1. The van der Waals surface area contributed by atoms with E-state index in [1.807, 2.05) is 21.1 Å². The summed E-state index contributed by atoms with van der Waals surface area (Å²) in [5.41, 5.74) is 0. The standard InChI is InChI=1S/C72H114NO8P/c1-6-8-10-12-14-16-18-20-22-24-26-27-28-29-30-31-32-33-34-35-36-37-38-39-40-41-42-43-44-45-47-49-51-53-55-57-59-61-63-65-72(75)81-70(69-80-82(76,77)79-67-66-73(3,4)5)68-78-71(74)64-62-60-58-56-54-52-50-48-46-25-23-21-19-17-15-13-11-9-7-2/h8,10,14-17,20-23,26-27,29-30,32-33,35-36,38-39,41-42,44-46,48-49,51,55,57,70H,6-7,9,11-13,18-19,24-25,28,31,34,37,40,43,47,50,52-54,56,58-69H2,1-5H3/p+1/b10-8-,16-14-,17-15-,22-20-,23-21-,27-26-,30-29-,33-32-,36-35-,39-38-,42-41-,45-44-,48-46-,51-49-,57-55-. The molecule has 0 radical (unpaired) electrons. The minimum absolute atomic E-state index is 0.0101. The zero-order chi connectivity index (χ0) is 59.8. The van der Waals surface area contributed by atoms with Crippen LogP contribution in [0, 0.1) is 0 Å². The molecule has 0 amide bonds. The highest BCUT2D eigenvalue weighted by molar-refractivity contribution is 7.47. The van der Waals surface area contributed by atoms with Gasteiger partial charge in [0.15, 0.2) is 6.10 Å². The predicted octanol–water partition coefficient (Wildman–Crippen LogP) is 20.4. The molecule has 0 fully saturated rings. The monoisotopic (exact) mass is 1150 g/mol. The number of esters is 2. The average Bonchev–Trinajstić information content (AvgIpc) is 3.46. The summed E-state index contributed by atoms with van der Waals surface area (Å²) < 4.78 is 34.5. The smallest absolute Gasteiger partial charge is 0.462 e. The minimum atomic E-state index is -4.42. The number of unbranched alkanes of at least 4 members (excludes halogenated alkanes) is 11. The van der Waals surface area contributed by atoms with Crippen molar-refractivity contribution in [3.8, 4) is 0 Å². The van der Waals surface area contributed by atoms with Gasteiger partial charge in [0.25, 0.3) is 0 Å². The van der Waals surface area contributed by atoms with E-state index < -0.39 is 32.5 Å². The third-order valence-electron chi connectivity index (χ3n) is 12.4. The number of hydrogen-bond acceptors (Lipinski definition) is 7. The van der Waals surface area contributed by atoms with E-state index in [2.05, 4.69) is 196 Å². The summed E-state index contributed by atoms with van der Waals surface area (Å²) >= 11 is 0. The number of carbonyl (C=O) groups excluding carboxylic acids is 2. The van der Waals surface area contributed by atoms with Crippen LogP contribution < -0.4 is 0 Å². The van der Waals surface area contributed by atoms with Gasteiger partial charge in [0.1, 0.15) is 19.8 Å². The lowest BCUT2D eigenvalue weighted by Crippen LogP contribution is -2.37. The molecule has 0 rings (SSSR count).